The van der Waals surface area contributed by atoms with Crippen molar-refractivity contribution >= 4 is 0 Å². The summed E-state index contributed by atoms with van der Waals surface area (Å²) in [6.07, 6.45) is -0.398. The van der Waals surface area contributed by atoms with Gasteiger partial charge in [0.1, 0.15) is 0 Å². The summed E-state index contributed by atoms with van der Waals surface area (Å²) in [7, 11) is 7.75. The van der Waals surface area contributed by atoms with Crippen LogP contribution in [0.25, 0.3) is 0 Å². The van der Waals surface area contributed by atoms with Crippen LogP contribution in [0.15, 0.2) is 0 Å². The van der Waals surface area contributed by atoms with Gasteiger partial charge in [-0.2, -0.15) is 0 Å². The number of rotatable bonds is 4. The first kappa shape index (κ1) is 20.7. The maximum absolute atomic E-state index is 8.68. The van der Waals surface area contributed by atoms with Gasteiger partial charge in [0.25, 0.3) is 0 Å². The van der Waals surface area contributed by atoms with Gasteiger partial charge in [0, 0.05) is 29.9 Å². The van der Waals surface area contributed by atoms with Gasteiger partial charge in [-0.1, -0.05) is 0 Å². The largest absolute Gasteiger partial charge is 0.392 e. The Labute approximate surface area is 104 Å². The first-order valence-corrected chi connectivity index (χ1v) is 4.91. The van der Waals surface area contributed by atoms with Gasteiger partial charge >= 0.3 is 0 Å². The van der Waals surface area contributed by atoms with Gasteiger partial charge < -0.3 is 20.0 Å². The van der Waals surface area contributed by atoms with Crippen molar-refractivity contribution < 1.29 is 27.0 Å². The second kappa shape index (κ2) is 12.4. The van der Waals surface area contributed by atoms with Crippen molar-refractivity contribution in [1.82, 2.24) is 9.80 Å². The molecule has 0 bridgehead atoms. The average molecular weight is 265 g/mol. The minimum Gasteiger partial charge on any atom is -0.392 e. The monoisotopic (exact) mass is 265 g/mol. The van der Waals surface area contributed by atoms with E-state index in [0.29, 0.717) is 0 Å². The third-order valence-electron chi connectivity index (χ3n) is 1.26. The topological polar surface area (TPSA) is 46.9 Å². The maximum Gasteiger partial charge on any atom is 0.0638 e. The average Bonchev–Trinajstić information content (AvgIpc) is 1.79. The van der Waals surface area contributed by atoms with E-state index in [9.17, 15) is 0 Å². The van der Waals surface area contributed by atoms with Gasteiger partial charge in [-0.25, -0.2) is 0 Å². The molecule has 2 atom stereocenters. The molecule has 0 aromatic rings. The summed E-state index contributed by atoms with van der Waals surface area (Å²) in [5, 5.41) is 17.4. The van der Waals surface area contributed by atoms with Crippen molar-refractivity contribution in [3.8, 4) is 0 Å². The summed E-state index contributed by atoms with van der Waals surface area (Å²) in [6.45, 7) is 5.06. The first-order valence-electron chi connectivity index (χ1n) is 4.91. The molecule has 0 aromatic carbocycles. The first-order chi connectivity index (χ1) is 6.25. The molecule has 0 saturated carbocycles. The fourth-order valence-electron chi connectivity index (χ4n) is 1.06. The number of hydrogen-bond donors (Lipinski definition) is 2. The predicted molar refractivity (Wildman–Crippen MR) is 60.5 cm³/mol. The van der Waals surface area contributed by atoms with Crippen LogP contribution in [0.5, 0.6) is 0 Å². The van der Waals surface area contributed by atoms with E-state index in [2.05, 4.69) is 0 Å². The van der Waals surface area contributed by atoms with Crippen molar-refractivity contribution in [2.75, 3.05) is 41.3 Å². The van der Waals surface area contributed by atoms with E-state index in [1.165, 1.54) is 0 Å². The fourth-order valence-corrected chi connectivity index (χ4v) is 1.06. The molecular weight excluding hydrogens is 239 g/mol. The SMILES string of the molecule is CC(O)CN(C)C.CC(O)CN(C)C.[Co]. The Morgan fingerprint density at radius 1 is 0.800 bits per heavy atom. The summed E-state index contributed by atoms with van der Waals surface area (Å²) < 4.78 is 0. The molecule has 5 heteroatoms. The molecule has 0 saturated heterocycles. The number of aliphatic hydroxyl groups excluding tert-OH is 2. The van der Waals surface area contributed by atoms with Crippen LogP contribution in [0.3, 0.4) is 0 Å². The zero-order chi connectivity index (χ0) is 11.7. The van der Waals surface area contributed by atoms with Gasteiger partial charge in [-0.15, -0.1) is 0 Å². The van der Waals surface area contributed by atoms with E-state index in [-0.39, 0.29) is 29.0 Å². The summed E-state index contributed by atoms with van der Waals surface area (Å²) in [5.41, 5.74) is 0. The van der Waals surface area contributed by atoms with Crippen LogP contribution in [0.1, 0.15) is 13.8 Å². The Bertz CT molecular complexity index is 94.0. The molecule has 15 heavy (non-hydrogen) atoms. The summed E-state index contributed by atoms with van der Waals surface area (Å²) >= 11 is 0. The molecule has 0 aromatic heterocycles. The summed E-state index contributed by atoms with van der Waals surface area (Å²) in [4.78, 5) is 3.90. The standard InChI is InChI=1S/2C5H13NO.Co/c2*1-5(7)4-6(2)3;/h2*5,7H,4H2,1-3H3;. The van der Waals surface area contributed by atoms with E-state index in [0.717, 1.165) is 13.1 Å². The van der Waals surface area contributed by atoms with Crippen LogP contribution in [0.4, 0.5) is 0 Å². The normalized spacial score (nSPS) is 14.0. The van der Waals surface area contributed by atoms with Gasteiger partial charge in [0.2, 0.25) is 0 Å². The van der Waals surface area contributed by atoms with Gasteiger partial charge in [0.15, 0.2) is 0 Å². The molecule has 0 heterocycles. The van der Waals surface area contributed by atoms with Gasteiger partial charge in [-0.3, -0.25) is 0 Å². The Kier molecular flexibility index (Phi) is 17.2. The van der Waals surface area contributed by atoms with Crippen molar-refractivity contribution in [2.45, 2.75) is 26.1 Å². The molecule has 97 valence electrons. The summed E-state index contributed by atoms with van der Waals surface area (Å²) in [6, 6.07) is 0. The maximum atomic E-state index is 8.68. The Balaban J connectivity index is -0.000000180. The number of nitrogens with zero attached hydrogens (tertiary/aromatic N) is 2. The molecule has 0 aliphatic carbocycles. The van der Waals surface area contributed by atoms with E-state index < -0.39 is 0 Å². The Morgan fingerprint density at radius 2 is 1.00 bits per heavy atom. The predicted octanol–water partition coefficient (Wildman–Crippen LogP) is -0.145. The molecule has 0 rings (SSSR count). The molecule has 0 amide bonds. The number of hydrogen-bond acceptors (Lipinski definition) is 4. The van der Waals surface area contributed by atoms with E-state index in [1.807, 2.05) is 38.0 Å². The van der Waals surface area contributed by atoms with E-state index in [4.69, 9.17) is 10.2 Å². The molecular formula is C10H26CoN2O2. The second-order valence-electron chi connectivity index (χ2n) is 4.22. The van der Waals surface area contributed by atoms with Crippen molar-refractivity contribution in [1.29, 1.82) is 0 Å². The van der Waals surface area contributed by atoms with Crippen molar-refractivity contribution in [2.24, 2.45) is 0 Å². The fraction of sp³-hybridized carbons (Fsp3) is 1.00. The van der Waals surface area contributed by atoms with E-state index >= 15 is 0 Å². The smallest absolute Gasteiger partial charge is 0.0638 e. The summed E-state index contributed by atoms with van der Waals surface area (Å²) in [5.74, 6) is 0. The number of likely N-dealkylation sites (N-methyl/N-ethyl adjacent to an activating group) is 2. The second-order valence-corrected chi connectivity index (χ2v) is 4.22. The van der Waals surface area contributed by atoms with Crippen LogP contribution in [-0.2, 0) is 16.8 Å². The van der Waals surface area contributed by atoms with Gasteiger partial charge in [-0.05, 0) is 42.0 Å². The molecule has 0 aliphatic rings. The van der Waals surface area contributed by atoms with Crippen LogP contribution in [0.2, 0.25) is 0 Å². The van der Waals surface area contributed by atoms with Crippen LogP contribution in [0, 0.1) is 0 Å². The molecule has 0 aliphatic heterocycles. The quantitative estimate of drug-likeness (QED) is 0.742. The molecule has 2 N–H and O–H groups in total. The third kappa shape index (κ3) is 31.4. The van der Waals surface area contributed by atoms with E-state index in [1.54, 1.807) is 13.8 Å². The van der Waals surface area contributed by atoms with Crippen molar-refractivity contribution in [3.05, 3.63) is 0 Å². The Morgan fingerprint density at radius 3 is 1.00 bits per heavy atom. The molecule has 1 radical (unpaired) electrons. The van der Waals surface area contributed by atoms with Crippen LogP contribution >= 0.6 is 0 Å². The molecule has 0 spiro atoms. The Hall–Kier alpha value is 0.346. The third-order valence-corrected chi connectivity index (χ3v) is 1.26. The van der Waals surface area contributed by atoms with Crippen LogP contribution in [-0.4, -0.2) is 73.5 Å². The molecule has 0 fully saturated rings. The zero-order valence-electron chi connectivity index (χ0n) is 10.7. The minimum atomic E-state index is -0.199. The molecule has 4 nitrogen and oxygen atoms in total. The van der Waals surface area contributed by atoms with Crippen molar-refractivity contribution in [3.63, 3.8) is 0 Å². The van der Waals surface area contributed by atoms with Gasteiger partial charge in [0.05, 0.1) is 12.2 Å². The van der Waals surface area contributed by atoms with Crippen LogP contribution < -0.4 is 0 Å². The molecule has 2 unspecified atom stereocenters. The minimum absolute atomic E-state index is 0. The number of aliphatic hydroxyl groups is 2. The zero-order valence-corrected chi connectivity index (χ0v) is 11.7.